The van der Waals surface area contributed by atoms with Crippen LogP contribution < -0.4 is 4.90 Å². The normalized spacial score (nSPS) is 16.6. The Balaban J connectivity index is 1.93. The highest BCUT2D eigenvalue weighted by Gasteiger charge is 2.33. The first kappa shape index (κ1) is 14.9. The predicted molar refractivity (Wildman–Crippen MR) is 91.1 cm³/mol. The maximum absolute atomic E-state index is 12.8. The molecule has 6 heteroatoms. The zero-order chi connectivity index (χ0) is 15.5. The maximum Gasteiger partial charge on any atom is 0.270 e. The van der Waals surface area contributed by atoms with Crippen LogP contribution in [0.1, 0.15) is 11.1 Å². The summed E-state index contributed by atoms with van der Waals surface area (Å²) in [6.07, 6.45) is 5.11. The van der Waals surface area contributed by atoms with Gasteiger partial charge in [-0.1, -0.05) is 36.1 Å². The van der Waals surface area contributed by atoms with Crippen molar-refractivity contribution in [3.63, 3.8) is 0 Å². The number of thioether (sulfide) groups is 1. The zero-order valence-corrected chi connectivity index (χ0v) is 13.0. The van der Waals surface area contributed by atoms with Crippen molar-refractivity contribution in [2.45, 2.75) is 6.67 Å². The predicted octanol–water partition coefficient (Wildman–Crippen LogP) is 3.96. The summed E-state index contributed by atoms with van der Waals surface area (Å²) in [5.41, 5.74) is 1.99. The van der Waals surface area contributed by atoms with Gasteiger partial charge in [-0.25, -0.2) is 4.39 Å². The molecule has 1 amide bonds. The first-order valence-electron chi connectivity index (χ1n) is 6.52. The molecule has 2 aromatic rings. The molecule has 1 aliphatic heterocycles. The van der Waals surface area contributed by atoms with Gasteiger partial charge in [0.05, 0.1) is 10.6 Å². The van der Waals surface area contributed by atoms with Gasteiger partial charge in [0.15, 0.2) is 4.32 Å². The quantitative estimate of drug-likeness (QED) is 0.630. The Morgan fingerprint density at radius 1 is 1.27 bits per heavy atom. The van der Waals surface area contributed by atoms with Crippen LogP contribution in [0.3, 0.4) is 0 Å². The third kappa shape index (κ3) is 2.93. The van der Waals surface area contributed by atoms with Gasteiger partial charge >= 0.3 is 0 Å². The van der Waals surface area contributed by atoms with Crippen LogP contribution in [-0.4, -0.2) is 15.2 Å². The second-order valence-electron chi connectivity index (χ2n) is 4.60. The summed E-state index contributed by atoms with van der Waals surface area (Å²) in [4.78, 5) is 18.5. The summed E-state index contributed by atoms with van der Waals surface area (Å²) in [6.45, 7) is -0.574. The maximum atomic E-state index is 12.8. The van der Waals surface area contributed by atoms with Crippen molar-refractivity contribution in [2.24, 2.45) is 0 Å². The molecule has 2 heterocycles. The fourth-order valence-electron chi connectivity index (χ4n) is 2.08. The van der Waals surface area contributed by atoms with Crippen LogP contribution in [0.5, 0.6) is 0 Å². The van der Waals surface area contributed by atoms with Crippen molar-refractivity contribution in [3.05, 3.63) is 64.8 Å². The Morgan fingerprint density at radius 2 is 2.05 bits per heavy atom. The van der Waals surface area contributed by atoms with E-state index in [9.17, 15) is 9.18 Å². The molecule has 1 saturated heterocycles. The number of carbonyl (C=O) groups excluding carboxylic acids is 1. The number of amides is 1. The molecule has 1 fully saturated rings. The van der Waals surface area contributed by atoms with Gasteiger partial charge in [0.1, 0.15) is 6.67 Å². The molecule has 0 bridgehead atoms. The van der Waals surface area contributed by atoms with Gasteiger partial charge in [0.25, 0.3) is 5.91 Å². The molecule has 3 nitrogen and oxygen atoms in total. The molecule has 0 atom stereocenters. The minimum Gasteiger partial charge on any atom is -0.268 e. The molecule has 0 radical (unpaired) electrons. The Morgan fingerprint density at radius 3 is 2.77 bits per heavy atom. The molecule has 110 valence electrons. The van der Waals surface area contributed by atoms with E-state index >= 15 is 0 Å². The Labute approximate surface area is 136 Å². The molecule has 3 rings (SSSR count). The molecule has 0 aliphatic carbocycles. The van der Waals surface area contributed by atoms with Gasteiger partial charge in [-0.05, 0) is 41.5 Å². The number of carbonyl (C=O) groups is 1. The number of hydrogen-bond donors (Lipinski definition) is 0. The third-order valence-corrected chi connectivity index (χ3v) is 4.42. The standard InChI is InChI=1S/C16H11FN2OS2/c17-10-12-2-1-3-13(8-12)19-15(20)14(22-16(19)21)9-11-4-6-18-7-5-11/h1-9H,10H2/b14-9-. The Hall–Kier alpha value is -2.05. The minimum absolute atomic E-state index is 0.192. The summed E-state index contributed by atoms with van der Waals surface area (Å²) in [5, 5.41) is 0. The van der Waals surface area contributed by atoms with Crippen molar-refractivity contribution in [3.8, 4) is 0 Å². The molecule has 0 saturated carbocycles. The van der Waals surface area contributed by atoms with E-state index in [1.54, 1.807) is 42.7 Å². The van der Waals surface area contributed by atoms with E-state index < -0.39 is 6.67 Å². The second-order valence-corrected chi connectivity index (χ2v) is 6.28. The van der Waals surface area contributed by atoms with Crippen molar-refractivity contribution in [1.29, 1.82) is 0 Å². The van der Waals surface area contributed by atoms with E-state index in [1.807, 2.05) is 12.1 Å². The van der Waals surface area contributed by atoms with Crippen LogP contribution in [0.4, 0.5) is 10.1 Å². The number of nitrogens with zero attached hydrogens (tertiary/aromatic N) is 2. The lowest BCUT2D eigenvalue weighted by atomic mass is 10.2. The summed E-state index contributed by atoms with van der Waals surface area (Å²) in [6, 6.07) is 10.4. The molecular weight excluding hydrogens is 319 g/mol. The smallest absolute Gasteiger partial charge is 0.268 e. The van der Waals surface area contributed by atoms with Gasteiger partial charge in [0.2, 0.25) is 0 Å². The van der Waals surface area contributed by atoms with Crippen LogP contribution in [0.15, 0.2) is 53.7 Å². The number of hydrogen-bond acceptors (Lipinski definition) is 4. The fraction of sp³-hybridized carbons (Fsp3) is 0.0625. The van der Waals surface area contributed by atoms with Crippen molar-refractivity contribution >= 4 is 46.0 Å². The molecular formula is C16H11FN2OS2. The third-order valence-electron chi connectivity index (χ3n) is 3.12. The van der Waals surface area contributed by atoms with E-state index in [4.69, 9.17) is 12.2 Å². The van der Waals surface area contributed by atoms with Crippen LogP contribution in [-0.2, 0) is 11.5 Å². The van der Waals surface area contributed by atoms with Gasteiger partial charge < -0.3 is 0 Å². The summed E-state index contributed by atoms with van der Waals surface area (Å²) in [5.74, 6) is -0.192. The van der Waals surface area contributed by atoms with Crippen molar-refractivity contribution in [2.75, 3.05) is 4.90 Å². The highest BCUT2D eigenvalue weighted by atomic mass is 32.2. The van der Waals surface area contributed by atoms with E-state index in [0.717, 1.165) is 5.56 Å². The number of anilines is 1. The van der Waals surface area contributed by atoms with E-state index in [0.29, 0.717) is 20.5 Å². The molecule has 0 unspecified atom stereocenters. The van der Waals surface area contributed by atoms with Gasteiger partial charge in [-0.15, -0.1) is 0 Å². The fourth-order valence-corrected chi connectivity index (χ4v) is 3.38. The van der Waals surface area contributed by atoms with Crippen molar-refractivity contribution < 1.29 is 9.18 Å². The lowest BCUT2D eigenvalue weighted by Crippen LogP contribution is -2.27. The second kappa shape index (κ2) is 6.37. The average Bonchev–Trinajstić information content (AvgIpc) is 2.82. The van der Waals surface area contributed by atoms with Crippen molar-refractivity contribution in [1.82, 2.24) is 4.98 Å². The first-order valence-corrected chi connectivity index (χ1v) is 7.74. The van der Waals surface area contributed by atoms with Crippen LogP contribution in [0, 0.1) is 0 Å². The Kier molecular flexibility index (Phi) is 4.31. The van der Waals surface area contributed by atoms with Gasteiger partial charge in [-0.3, -0.25) is 14.7 Å². The van der Waals surface area contributed by atoms with E-state index in [-0.39, 0.29) is 5.91 Å². The molecule has 1 aliphatic rings. The molecule has 1 aromatic heterocycles. The molecule has 0 N–H and O–H groups in total. The number of aromatic nitrogens is 1. The highest BCUT2D eigenvalue weighted by molar-refractivity contribution is 8.27. The van der Waals surface area contributed by atoms with E-state index in [2.05, 4.69) is 4.98 Å². The summed E-state index contributed by atoms with van der Waals surface area (Å²) >= 11 is 6.53. The number of halogens is 1. The topological polar surface area (TPSA) is 33.2 Å². The summed E-state index contributed by atoms with van der Waals surface area (Å²) < 4.78 is 13.2. The van der Waals surface area contributed by atoms with Crippen LogP contribution in [0.2, 0.25) is 0 Å². The van der Waals surface area contributed by atoms with Gasteiger partial charge in [-0.2, -0.15) is 0 Å². The van der Waals surface area contributed by atoms with Gasteiger partial charge in [0, 0.05) is 12.4 Å². The lowest BCUT2D eigenvalue weighted by molar-refractivity contribution is -0.113. The molecule has 0 spiro atoms. The highest BCUT2D eigenvalue weighted by Crippen LogP contribution is 2.36. The SMILES string of the molecule is O=C1/C(=C/c2ccncc2)SC(=S)N1c1cccc(CF)c1. The van der Waals surface area contributed by atoms with E-state index in [1.165, 1.54) is 16.7 Å². The lowest BCUT2D eigenvalue weighted by Gasteiger charge is -2.15. The number of alkyl halides is 1. The zero-order valence-electron chi connectivity index (χ0n) is 11.4. The number of rotatable bonds is 3. The molecule has 1 aromatic carbocycles. The first-order chi connectivity index (χ1) is 10.7. The van der Waals surface area contributed by atoms with Crippen LogP contribution >= 0.6 is 24.0 Å². The summed E-state index contributed by atoms with van der Waals surface area (Å²) in [7, 11) is 0. The number of pyridine rings is 1. The minimum atomic E-state index is -0.574. The molecule has 22 heavy (non-hydrogen) atoms. The Bertz CT molecular complexity index is 762. The average molecular weight is 330 g/mol. The van der Waals surface area contributed by atoms with Crippen LogP contribution in [0.25, 0.3) is 6.08 Å². The monoisotopic (exact) mass is 330 g/mol. The number of thiocarbonyl (C=S) groups is 1. The largest absolute Gasteiger partial charge is 0.270 e. The number of benzene rings is 1.